The molecular formula is C11H17NO2S. The number of aromatic nitrogens is 1. The van der Waals surface area contributed by atoms with Gasteiger partial charge in [0.15, 0.2) is 0 Å². The second kappa shape index (κ2) is 4.60. The van der Waals surface area contributed by atoms with E-state index in [0.717, 1.165) is 29.3 Å². The van der Waals surface area contributed by atoms with Crippen LogP contribution in [0.4, 0.5) is 0 Å². The van der Waals surface area contributed by atoms with Gasteiger partial charge >= 0.3 is 0 Å². The highest BCUT2D eigenvalue weighted by atomic mass is 32.1. The normalized spacial score (nSPS) is 19.6. The summed E-state index contributed by atoms with van der Waals surface area (Å²) in [6.07, 6.45) is 6.33. The molecule has 3 nitrogen and oxygen atoms in total. The lowest BCUT2D eigenvalue weighted by Gasteiger charge is -2.26. The van der Waals surface area contributed by atoms with Crippen LogP contribution in [0.15, 0.2) is 6.20 Å². The van der Waals surface area contributed by atoms with Crippen LogP contribution in [-0.2, 0) is 16.9 Å². The van der Waals surface area contributed by atoms with Crippen molar-refractivity contribution in [3.63, 3.8) is 0 Å². The van der Waals surface area contributed by atoms with E-state index in [0.29, 0.717) is 0 Å². The number of thiazole rings is 1. The predicted octanol–water partition coefficient (Wildman–Crippen LogP) is 2.44. The average Bonchev–Trinajstić information content (AvgIpc) is 2.85. The smallest absolute Gasteiger partial charge is 0.125 e. The molecule has 1 saturated carbocycles. The Labute approximate surface area is 94.1 Å². The molecule has 0 unspecified atom stereocenters. The minimum absolute atomic E-state index is 0.0832. The highest BCUT2D eigenvalue weighted by molar-refractivity contribution is 7.11. The van der Waals surface area contributed by atoms with Gasteiger partial charge in [-0.25, -0.2) is 4.98 Å². The van der Waals surface area contributed by atoms with E-state index >= 15 is 0 Å². The van der Waals surface area contributed by atoms with Crippen molar-refractivity contribution in [2.24, 2.45) is 0 Å². The second-order valence-corrected chi connectivity index (χ2v) is 5.04. The molecule has 1 heterocycles. The lowest BCUT2D eigenvalue weighted by Crippen LogP contribution is -2.25. The average molecular weight is 227 g/mol. The first kappa shape index (κ1) is 11.0. The van der Waals surface area contributed by atoms with Crippen molar-refractivity contribution in [3.8, 4) is 0 Å². The zero-order valence-electron chi connectivity index (χ0n) is 9.03. The van der Waals surface area contributed by atoms with Gasteiger partial charge in [0, 0.05) is 12.8 Å². The number of aliphatic hydroxyl groups is 1. The third kappa shape index (κ3) is 2.07. The van der Waals surface area contributed by atoms with Gasteiger partial charge in [-0.1, -0.05) is 12.8 Å². The molecule has 1 fully saturated rings. The number of hydrogen-bond donors (Lipinski definition) is 1. The lowest BCUT2D eigenvalue weighted by molar-refractivity contribution is -0.0391. The standard InChI is InChI=1S/C11H17NO2S/c1-2-14-11(5-3-4-6-11)10-12-7-9(8-13)15-10/h7,13H,2-6,8H2,1H3. The molecule has 1 aromatic rings. The van der Waals surface area contributed by atoms with Gasteiger partial charge in [0.25, 0.3) is 0 Å². The van der Waals surface area contributed by atoms with Gasteiger partial charge in [0.2, 0.25) is 0 Å². The molecule has 1 aliphatic carbocycles. The van der Waals surface area contributed by atoms with E-state index in [1.165, 1.54) is 12.8 Å². The summed E-state index contributed by atoms with van der Waals surface area (Å²) in [5.41, 5.74) is -0.146. The quantitative estimate of drug-likeness (QED) is 0.859. The molecule has 84 valence electrons. The lowest BCUT2D eigenvalue weighted by atomic mass is 10.0. The molecule has 1 aliphatic rings. The molecule has 2 rings (SSSR count). The van der Waals surface area contributed by atoms with Gasteiger partial charge in [0.1, 0.15) is 10.6 Å². The van der Waals surface area contributed by atoms with E-state index in [-0.39, 0.29) is 12.2 Å². The van der Waals surface area contributed by atoms with Crippen LogP contribution in [0.1, 0.15) is 42.5 Å². The fourth-order valence-corrected chi connectivity index (χ4v) is 3.21. The maximum atomic E-state index is 9.04. The Kier molecular flexibility index (Phi) is 3.38. The number of rotatable bonds is 4. The summed E-state index contributed by atoms with van der Waals surface area (Å²) in [6, 6.07) is 0. The SMILES string of the molecule is CCOC1(c2ncc(CO)s2)CCCC1. The Balaban J connectivity index is 2.23. The first-order chi connectivity index (χ1) is 7.30. The van der Waals surface area contributed by atoms with Crippen LogP contribution in [-0.4, -0.2) is 16.7 Å². The van der Waals surface area contributed by atoms with E-state index in [9.17, 15) is 0 Å². The first-order valence-electron chi connectivity index (χ1n) is 5.51. The molecule has 1 aromatic heterocycles. The van der Waals surface area contributed by atoms with Crippen LogP contribution >= 0.6 is 11.3 Å². The molecule has 0 atom stereocenters. The molecule has 0 bridgehead atoms. The maximum absolute atomic E-state index is 9.04. The van der Waals surface area contributed by atoms with Crippen LogP contribution in [0.3, 0.4) is 0 Å². The monoisotopic (exact) mass is 227 g/mol. The van der Waals surface area contributed by atoms with Crippen molar-refractivity contribution < 1.29 is 9.84 Å². The van der Waals surface area contributed by atoms with Crippen LogP contribution < -0.4 is 0 Å². The van der Waals surface area contributed by atoms with Crippen molar-refractivity contribution >= 4 is 11.3 Å². The molecular weight excluding hydrogens is 210 g/mol. The van der Waals surface area contributed by atoms with E-state index in [1.54, 1.807) is 17.5 Å². The Morgan fingerprint density at radius 1 is 1.53 bits per heavy atom. The third-order valence-corrected chi connectivity index (χ3v) is 4.10. The number of aliphatic hydroxyl groups excluding tert-OH is 1. The van der Waals surface area contributed by atoms with E-state index in [4.69, 9.17) is 9.84 Å². The van der Waals surface area contributed by atoms with Gasteiger partial charge in [0.05, 0.1) is 11.5 Å². The summed E-state index contributed by atoms with van der Waals surface area (Å²) in [7, 11) is 0. The van der Waals surface area contributed by atoms with Crippen molar-refractivity contribution in [1.29, 1.82) is 0 Å². The molecule has 0 aromatic carbocycles. The Morgan fingerprint density at radius 3 is 2.80 bits per heavy atom. The molecule has 0 radical (unpaired) electrons. The fraction of sp³-hybridized carbons (Fsp3) is 0.727. The summed E-state index contributed by atoms with van der Waals surface area (Å²) < 4.78 is 5.90. The van der Waals surface area contributed by atoms with Crippen LogP contribution in [0.2, 0.25) is 0 Å². The van der Waals surface area contributed by atoms with Gasteiger partial charge < -0.3 is 9.84 Å². The van der Waals surface area contributed by atoms with Gasteiger partial charge in [-0.05, 0) is 19.8 Å². The first-order valence-corrected chi connectivity index (χ1v) is 6.32. The zero-order chi connectivity index (χ0) is 10.7. The molecule has 15 heavy (non-hydrogen) atoms. The van der Waals surface area contributed by atoms with Crippen molar-refractivity contribution in [1.82, 2.24) is 4.98 Å². The Morgan fingerprint density at radius 2 is 2.27 bits per heavy atom. The summed E-state index contributed by atoms with van der Waals surface area (Å²) in [5, 5.41) is 10.1. The van der Waals surface area contributed by atoms with Crippen molar-refractivity contribution in [2.45, 2.75) is 44.8 Å². The van der Waals surface area contributed by atoms with E-state index in [2.05, 4.69) is 4.98 Å². The molecule has 0 amide bonds. The highest BCUT2D eigenvalue weighted by Crippen LogP contribution is 2.43. The fourth-order valence-electron chi connectivity index (χ4n) is 2.23. The maximum Gasteiger partial charge on any atom is 0.125 e. The topological polar surface area (TPSA) is 42.4 Å². The highest BCUT2D eigenvalue weighted by Gasteiger charge is 2.38. The van der Waals surface area contributed by atoms with E-state index in [1.807, 2.05) is 6.92 Å². The predicted molar refractivity (Wildman–Crippen MR) is 59.8 cm³/mol. The summed E-state index contributed by atoms with van der Waals surface area (Å²) >= 11 is 1.58. The second-order valence-electron chi connectivity index (χ2n) is 3.92. The summed E-state index contributed by atoms with van der Waals surface area (Å²) in [5.74, 6) is 0. The van der Waals surface area contributed by atoms with Crippen LogP contribution in [0, 0.1) is 0 Å². The van der Waals surface area contributed by atoms with Gasteiger partial charge in [-0.15, -0.1) is 11.3 Å². The molecule has 1 N–H and O–H groups in total. The molecule has 0 aliphatic heterocycles. The molecule has 0 saturated heterocycles. The van der Waals surface area contributed by atoms with Gasteiger partial charge in [-0.3, -0.25) is 0 Å². The van der Waals surface area contributed by atoms with Gasteiger partial charge in [-0.2, -0.15) is 0 Å². The minimum Gasteiger partial charge on any atom is -0.391 e. The minimum atomic E-state index is -0.146. The zero-order valence-corrected chi connectivity index (χ0v) is 9.85. The Bertz CT molecular complexity index is 318. The van der Waals surface area contributed by atoms with Crippen molar-refractivity contribution in [3.05, 3.63) is 16.1 Å². The Hall–Kier alpha value is -0.450. The van der Waals surface area contributed by atoms with Crippen LogP contribution in [0.5, 0.6) is 0 Å². The summed E-state index contributed by atoms with van der Waals surface area (Å²) in [6.45, 7) is 2.84. The third-order valence-electron chi connectivity index (χ3n) is 2.93. The largest absolute Gasteiger partial charge is 0.391 e. The van der Waals surface area contributed by atoms with Crippen molar-refractivity contribution in [2.75, 3.05) is 6.61 Å². The molecule has 4 heteroatoms. The number of nitrogens with zero attached hydrogens (tertiary/aromatic N) is 1. The van der Waals surface area contributed by atoms with E-state index < -0.39 is 0 Å². The number of ether oxygens (including phenoxy) is 1. The number of hydrogen-bond acceptors (Lipinski definition) is 4. The van der Waals surface area contributed by atoms with Crippen LogP contribution in [0.25, 0.3) is 0 Å². The molecule has 0 spiro atoms. The summed E-state index contributed by atoms with van der Waals surface area (Å²) in [4.78, 5) is 5.32.